The summed E-state index contributed by atoms with van der Waals surface area (Å²) in [6, 6.07) is 8.48. The lowest BCUT2D eigenvalue weighted by Gasteiger charge is -2.26. The Morgan fingerprint density at radius 1 is 1.23 bits per heavy atom. The van der Waals surface area contributed by atoms with E-state index in [-0.39, 0.29) is 5.92 Å². The molecule has 0 saturated carbocycles. The molecule has 2 amide bonds. The summed E-state index contributed by atoms with van der Waals surface area (Å²) < 4.78 is 5.38. The first-order valence-electron chi connectivity index (χ1n) is 7.29. The van der Waals surface area contributed by atoms with Gasteiger partial charge in [-0.2, -0.15) is 0 Å². The van der Waals surface area contributed by atoms with Gasteiger partial charge >= 0.3 is 5.97 Å². The van der Waals surface area contributed by atoms with E-state index in [2.05, 4.69) is 0 Å². The maximum Gasteiger partial charge on any atom is 0.310 e. The zero-order valence-electron chi connectivity index (χ0n) is 12.9. The zero-order chi connectivity index (χ0) is 16.3. The van der Waals surface area contributed by atoms with E-state index in [1.165, 1.54) is 6.08 Å². The SMILES string of the molecule is CCC1=CC(=O)N(C(=O)c2ccccc2)[C@@H]1OC(=O)C(C)C. The minimum Gasteiger partial charge on any atom is -0.437 e. The number of carbonyl (C=O) groups is 3. The number of ether oxygens (including phenoxy) is 1. The molecule has 22 heavy (non-hydrogen) atoms. The average Bonchev–Trinajstić information content (AvgIpc) is 2.83. The lowest BCUT2D eigenvalue weighted by Crippen LogP contribution is -2.43. The molecular weight excluding hydrogens is 282 g/mol. The van der Waals surface area contributed by atoms with Gasteiger partial charge in [-0.3, -0.25) is 14.4 Å². The number of rotatable bonds is 4. The van der Waals surface area contributed by atoms with Crippen molar-refractivity contribution in [2.24, 2.45) is 5.92 Å². The van der Waals surface area contributed by atoms with Gasteiger partial charge in [0.05, 0.1) is 5.92 Å². The van der Waals surface area contributed by atoms with Gasteiger partial charge in [-0.25, -0.2) is 4.90 Å². The molecule has 0 fully saturated rings. The smallest absolute Gasteiger partial charge is 0.310 e. The molecule has 1 aliphatic rings. The number of hydrogen-bond acceptors (Lipinski definition) is 4. The van der Waals surface area contributed by atoms with E-state index in [9.17, 15) is 14.4 Å². The zero-order valence-corrected chi connectivity index (χ0v) is 12.9. The molecule has 5 nitrogen and oxygen atoms in total. The average molecular weight is 301 g/mol. The van der Waals surface area contributed by atoms with E-state index in [0.717, 1.165) is 4.90 Å². The lowest BCUT2D eigenvalue weighted by atomic mass is 10.1. The van der Waals surface area contributed by atoms with Gasteiger partial charge in [0.25, 0.3) is 11.8 Å². The highest BCUT2D eigenvalue weighted by Gasteiger charge is 2.39. The fourth-order valence-corrected chi connectivity index (χ4v) is 2.16. The first-order valence-corrected chi connectivity index (χ1v) is 7.29. The summed E-state index contributed by atoms with van der Waals surface area (Å²) >= 11 is 0. The standard InChI is InChI=1S/C17H19NO4/c1-4-12-10-14(19)18(16(12)22-17(21)11(2)3)15(20)13-8-6-5-7-9-13/h5-11,16H,4H2,1-3H3/t16-/m1/s1. The molecule has 0 aromatic heterocycles. The maximum absolute atomic E-state index is 12.6. The molecule has 1 aromatic rings. The first kappa shape index (κ1) is 15.9. The van der Waals surface area contributed by atoms with Crippen LogP contribution in [-0.2, 0) is 14.3 Å². The van der Waals surface area contributed by atoms with Crippen molar-refractivity contribution in [1.29, 1.82) is 0 Å². The minimum atomic E-state index is -0.944. The highest BCUT2D eigenvalue weighted by molar-refractivity contribution is 6.10. The third kappa shape index (κ3) is 3.08. The number of carbonyl (C=O) groups excluding carboxylic acids is 3. The molecular formula is C17H19NO4. The van der Waals surface area contributed by atoms with E-state index in [4.69, 9.17) is 4.74 Å². The molecule has 0 N–H and O–H groups in total. The molecule has 0 saturated heterocycles. The van der Waals surface area contributed by atoms with Gasteiger partial charge in [0.2, 0.25) is 6.23 Å². The molecule has 1 atom stereocenters. The quantitative estimate of drug-likeness (QED) is 0.633. The Labute approximate surface area is 129 Å². The van der Waals surface area contributed by atoms with Crippen molar-refractivity contribution in [3.05, 3.63) is 47.5 Å². The van der Waals surface area contributed by atoms with Gasteiger partial charge in [0.15, 0.2) is 0 Å². The van der Waals surface area contributed by atoms with Gasteiger partial charge < -0.3 is 4.74 Å². The van der Waals surface area contributed by atoms with Crippen LogP contribution < -0.4 is 0 Å². The normalized spacial score (nSPS) is 17.6. The van der Waals surface area contributed by atoms with Crippen LogP contribution in [0.1, 0.15) is 37.6 Å². The summed E-state index contributed by atoms with van der Waals surface area (Å²) in [5, 5.41) is 0. The fraction of sp³-hybridized carbons (Fsp3) is 0.353. The summed E-state index contributed by atoms with van der Waals surface area (Å²) in [6.45, 7) is 5.27. The summed E-state index contributed by atoms with van der Waals surface area (Å²) in [7, 11) is 0. The first-order chi connectivity index (χ1) is 10.5. The number of esters is 1. The van der Waals surface area contributed by atoms with Gasteiger partial charge in [-0.1, -0.05) is 39.0 Å². The number of hydrogen-bond donors (Lipinski definition) is 0. The summed E-state index contributed by atoms with van der Waals surface area (Å²) in [4.78, 5) is 37.6. The Kier molecular flexibility index (Phi) is 4.75. The van der Waals surface area contributed by atoms with Crippen LogP contribution in [-0.4, -0.2) is 28.9 Å². The van der Waals surface area contributed by atoms with Crippen molar-refractivity contribution >= 4 is 17.8 Å². The Morgan fingerprint density at radius 2 is 1.86 bits per heavy atom. The second-order valence-electron chi connectivity index (χ2n) is 5.40. The monoisotopic (exact) mass is 301 g/mol. The Bertz CT molecular complexity index is 619. The van der Waals surface area contributed by atoms with Crippen molar-refractivity contribution in [1.82, 2.24) is 4.90 Å². The van der Waals surface area contributed by atoms with Crippen LogP contribution in [0.2, 0.25) is 0 Å². The molecule has 2 rings (SSSR count). The van der Waals surface area contributed by atoms with E-state index >= 15 is 0 Å². The number of amides is 2. The lowest BCUT2D eigenvalue weighted by molar-refractivity contribution is -0.158. The highest BCUT2D eigenvalue weighted by atomic mass is 16.6. The van der Waals surface area contributed by atoms with E-state index in [1.54, 1.807) is 44.2 Å². The fourth-order valence-electron chi connectivity index (χ4n) is 2.16. The van der Waals surface area contributed by atoms with E-state index in [1.807, 2.05) is 6.92 Å². The van der Waals surface area contributed by atoms with Crippen LogP contribution in [0.5, 0.6) is 0 Å². The van der Waals surface area contributed by atoms with Crippen LogP contribution in [0.15, 0.2) is 42.0 Å². The van der Waals surface area contributed by atoms with Crippen LogP contribution >= 0.6 is 0 Å². The second-order valence-corrected chi connectivity index (χ2v) is 5.40. The number of imide groups is 1. The molecule has 1 aliphatic heterocycles. The molecule has 116 valence electrons. The van der Waals surface area contributed by atoms with Crippen LogP contribution in [0.4, 0.5) is 0 Å². The van der Waals surface area contributed by atoms with Crippen LogP contribution in [0.3, 0.4) is 0 Å². The Morgan fingerprint density at radius 3 is 2.41 bits per heavy atom. The number of benzene rings is 1. The maximum atomic E-state index is 12.6. The minimum absolute atomic E-state index is 0.331. The van der Waals surface area contributed by atoms with Crippen molar-refractivity contribution in [2.75, 3.05) is 0 Å². The molecule has 0 unspecified atom stereocenters. The van der Waals surface area contributed by atoms with Gasteiger partial charge in [0.1, 0.15) is 0 Å². The van der Waals surface area contributed by atoms with Crippen molar-refractivity contribution < 1.29 is 19.1 Å². The predicted molar refractivity (Wildman–Crippen MR) is 80.7 cm³/mol. The summed E-state index contributed by atoms with van der Waals surface area (Å²) in [5.41, 5.74) is 1.01. The number of nitrogens with zero attached hydrogens (tertiary/aromatic N) is 1. The third-order valence-electron chi connectivity index (χ3n) is 3.44. The second kappa shape index (κ2) is 6.56. The topological polar surface area (TPSA) is 63.7 Å². The highest BCUT2D eigenvalue weighted by Crippen LogP contribution is 2.26. The van der Waals surface area contributed by atoms with Crippen molar-refractivity contribution in [2.45, 2.75) is 33.4 Å². The van der Waals surface area contributed by atoms with Gasteiger partial charge in [0, 0.05) is 11.6 Å². The molecule has 0 radical (unpaired) electrons. The van der Waals surface area contributed by atoms with E-state index < -0.39 is 24.0 Å². The molecule has 1 heterocycles. The van der Waals surface area contributed by atoms with Crippen molar-refractivity contribution in [3.8, 4) is 0 Å². The Hall–Kier alpha value is -2.43. The van der Waals surface area contributed by atoms with Crippen LogP contribution in [0, 0.1) is 5.92 Å². The van der Waals surface area contributed by atoms with Gasteiger partial charge in [-0.15, -0.1) is 0 Å². The van der Waals surface area contributed by atoms with Crippen molar-refractivity contribution in [3.63, 3.8) is 0 Å². The molecule has 0 aliphatic carbocycles. The molecule has 1 aromatic carbocycles. The summed E-state index contributed by atoms with van der Waals surface area (Å²) in [5.74, 6) is -1.69. The van der Waals surface area contributed by atoms with Crippen LogP contribution in [0.25, 0.3) is 0 Å². The predicted octanol–water partition coefficient (Wildman–Crippen LogP) is 2.53. The molecule has 5 heteroatoms. The third-order valence-corrected chi connectivity index (χ3v) is 3.44. The summed E-state index contributed by atoms with van der Waals surface area (Å²) in [6.07, 6.45) is 0.958. The van der Waals surface area contributed by atoms with E-state index in [0.29, 0.717) is 17.6 Å². The molecule has 0 bridgehead atoms. The molecule has 0 spiro atoms. The Balaban J connectivity index is 2.30. The largest absolute Gasteiger partial charge is 0.437 e. The van der Waals surface area contributed by atoms with Gasteiger partial charge in [-0.05, 0) is 24.1 Å².